The smallest absolute Gasteiger partial charge is 0.132 e. The second-order valence-electron chi connectivity index (χ2n) is 6.39. The number of aryl methyl sites for hydroxylation is 2. The van der Waals surface area contributed by atoms with E-state index >= 15 is 0 Å². The molecule has 0 saturated carbocycles. The lowest BCUT2D eigenvalue weighted by Gasteiger charge is -2.14. The third kappa shape index (κ3) is 2.25. The predicted octanol–water partition coefficient (Wildman–Crippen LogP) is 6.06. The van der Waals surface area contributed by atoms with Gasteiger partial charge in [-0.1, -0.05) is 49.0 Å². The summed E-state index contributed by atoms with van der Waals surface area (Å²) in [6.07, 6.45) is 2.50. The number of benzene rings is 3. The molecule has 0 N–H and O–H groups in total. The maximum Gasteiger partial charge on any atom is 0.132 e. The summed E-state index contributed by atoms with van der Waals surface area (Å²) in [5, 5.41) is 0. The first-order valence-corrected chi connectivity index (χ1v) is 8.28. The summed E-state index contributed by atoms with van der Waals surface area (Å²) < 4.78 is 5.57. The molecule has 118 valence electrons. The van der Waals surface area contributed by atoms with Crippen molar-refractivity contribution >= 4 is 0 Å². The molecule has 0 amide bonds. The second-order valence-corrected chi connectivity index (χ2v) is 6.39. The van der Waals surface area contributed by atoms with Gasteiger partial charge < -0.3 is 4.74 Å². The molecule has 0 aromatic heterocycles. The highest BCUT2D eigenvalue weighted by atomic mass is 16.5. The van der Waals surface area contributed by atoms with E-state index in [0.29, 0.717) is 0 Å². The van der Waals surface area contributed by atoms with E-state index in [-0.39, 0.29) is 0 Å². The minimum Gasteiger partial charge on any atom is -0.465 e. The molecule has 0 aliphatic heterocycles. The van der Waals surface area contributed by atoms with E-state index in [2.05, 4.69) is 75.0 Å². The first-order valence-electron chi connectivity index (χ1n) is 8.28. The van der Waals surface area contributed by atoms with Gasteiger partial charge in [0.1, 0.15) is 5.75 Å². The van der Waals surface area contributed by atoms with Crippen LogP contribution < -0.4 is 4.74 Å². The molecule has 1 heteroatoms. The van der Waals surface area contributed by atoms with Gasteiger partial charge in [0.25, 0.3) is 0 Å². The van der Waals surface area contributed by atoms with Crippen molar-refractivity contribution in [3.8, 4) is 28.0 Å². The first-order chi connectivity index (χ1) is 11.7. The fourth-order valence-corrected chi connectivity index (χ4v) is 3.80. The maximum atomic E-state index is 5.57. The van der Waals surface area contributed by atoms with Crippen LogP contribution >= 0.6 is 0 Å². The molecule has 0 radical (unpaired) electrons. The summed E-state index contributed by atoms with van der Waals surface area (Å²) in [5.41, 5.74) is 10.4. The largest absolute Gasteiger partial charge is 0.465 e. The highest BCUT2D eigenvalue weighted by Crippen LogP contribution is 2.42. The summed E-state index contributed by atoms with van der Waals surface area (Å²) >= 11 is 0. The van der Waals surface area contributed by atoms with Gasteiger partial charge in [-0.05, 0) is 76.9 Å². The predicted molar refractivity (Wildman–Crippen MR) is 100 cm³/mol. The van der Waals surface area contributed by atoms with Crippen LogP contribution in [-0.4, -0.2) is 0 Å². The standard InChI is InChI=1S/C23H20O/c1-4-24-23-15(2)12-18(13-16(23)3)20-10-7-11-21-19-9-6-5-8-17(19)14-22(20)21/h4-13H,1,14H2,2-3H3. The van der Waals surface area contributed by atoms with E-state index in [1.807, 2.05) is 0 Å². The zero-order valence-corrected chi connectivity index (χ0v) is 14.1. The molecule has 0 atom stereocenters. The average Bonchev–Trinajstić information content (AvgIpc) is 2.96. The molecule has 1 aliphatic rings. The number of fused-ring (bicyclic) bond motifs is 3. The molecular weight excluding hydrogens is 292 g/mol. The molecule has 1 nitrogen and oxygen atoms in total. The highest BCUT2D eigenvalue weighted by Gasteiger charge is 2.21. The van der Waals surface area contributed by atoms with Gasteiger partial charge in [-0.3, -0.25) is 0 Å². The minimum absolute atomic E-state index is 0.907. The maximum absolute atomic E-state index is 5.57. The number of hydrogen-bond acceptors (Lipinski definition) is 1. The van der Waals surface area contributed by atoms with Gasteiger partial charge in [0.15, 0.2) is 0 Å². The average molecular weight is 312 g/mol. The Morgan fingerprint density at radius 3 is 2.29 bits per heavy atom. The lowest BCUT2D eigenvalue weighted by molar-refractivity contribution is 0.476. The molecule has 0 saturated heterocycles. The van der Waals surface area contributed by atoms with Crippen molar-refractivity contribution in [3.63, 3.8) is 0 Å². The van der Waals surface area contributed by atoms with Crippen molar-refractivity contribution in [2.24, 2.45) is 0 Å². The zero-order chi connectivity index (χ0) is 16.7. The summed E-state index contributed by atoms with van der Waals surface area (Å²) in [6.45, 7) is 7.85. The summed E-state index contributed by atoms with van der Waals surface area (Å²) in [6, 6.07) is 19.8. The van der Waals surface area contributed by atoms with Gasteiger partial charge in [0.2, 0.25) is 0 Å². The van der Waals surface area contributed by atoms with E-state index in [1.54, 1.807) is 0 Å². The van der Waals surface area contributed by atoms with E-state index in [1.165, 1.54) is 39.6 Å². The Morgan fingerprint density at radius 2 is 1.54 bits per heavy atom. The summed E-state index contributed by atoms with van der Waals surface area (Å²) in [4.78, 5) is 0. The Labute approximate surface area is 143 Å². The van der Waals surface area contributed by atoms with Gasteiger partial charge in [-0.2, -0.15) is 0 Å². The Kier molecular flexibility index (Phi) is 3.50. The minimum atomic E-state index is 0.907. The third-order valence-corrected chi connectivity index (χ3v) is 4.82. The third-order valence-electron chi connectivity index (χ3n) is 4.82. The number of rotatable bonds is 3. The Morgan fingerprint density at radius 1 is 0.875 bits per heavy atom. The molecule has 0 unspecified atom stereocenters. The molecular formula is C23H20O. The van der Waals surface area contributed by atoms with Crippen LogP contribution in [-0.2, 0) is 6.42 Å². The molecule has 0 fully saturated rings. The van der Waals surface area contributed by atoms with Crippen molar-refractivity contribution in [1.82, 2.24) is 0 Å². The molecule has 24 heavy (non-hydrogen) atoms. The fourth-order valence-electron chi connectivity index (χ4n) is 3.80. The monoisotopic (exact) mass is 312 g/mol. The van der Waals surface area contributed by atoms with Crippen molar-refractivity contribution < 1.29 is 4.74 Å². The molecule has 0 bridgehead atoms. The Bertz CT molecular complexity index is 927. The van der Waals surface area contributed by atoms with Crippen LogP contribution in [0.3, 0.4) is 0 Å². The molecule has 0 spiro atoms. The Hall–Kier alpha value is -2.80. The molecule has 1 aliphatic carbocycles. The topological polar surface area (TPSA) is 9.23 Å². The van der Waals surface area contributed by atoms with Gasteiger partial charge >= 0.3 is 0 Å². The van der Waals surface area contributed by atoms with Crippen molar-refractivity contribution in [2.45, 2.75) is 20.3 Å². The lowest BCUT2D eigenvalue weighted by atomic mass is 9.93. The van der Waals surface area contributed by atoms with Crippen LogP contribution in [0.2, 0.25) is 0 Å². The van der Waals surface area contributed by atoms with E-state index in [0.717, 1.165) is 23.3 Å². The lowest BCUT2D eigenvalue weighted by Crippen LogP contribution is -1.93. The number of ether oxygens (including phenoxy) is 1. The van der Waals surface area contributed by atoms with Gasteiger partial charge in [-0.15, -0.1) is 0 Å². The van der Waals surface area contributed by atoms with Crippen LogP contribution in [0.25, 0.3) is 22.3 Å². The molecule has 0 heterocycles. The number of hydrogen-bond donors (Lipinski definition) is 0. The van der Waals surface area contributed by atoms with Gasteiger partial charge in [-0.25, -0.2) is 0 Å². The SMILES string of the molecule is C=COc1c(C)cc(-c2cccc3c2Cc2ccccc2-3)cc1C. The highest BCUT2D eigenvalue weighted by molar-refractivity contribution is 5.85. The summed E-state index contributed by atoms with van der Waals surface area (Å²) in [5.74, 6) is 0.907. The quantitative estimate of drug-likeness (QED) is 0.417. The van der Waals surface area contributed by atoms with E-state index in [9.17, 15) is 0 Å². The molecule has 3 aromatic rings. The van der Waals surface area contributed by atoms with Crippen LogP contribution in [0, 0.1) is 13.8 Å². The van der Waals surface area contributed by atoms with Crippen molar-refractivity contribution in [2.75, 3.05) is 0 Å². The van der Waals surface area contributed by atoms with Gasteiger partial charge in [0, 0.05) is 0 Å². The van der Waals surface area contributed by atoms with Gasteiger partial charge in [0.05, 0.1) is 6.26 Å². The summed E-state index contributed by atoms with van der Waals surface area (Å²) in [7, 11) is 0. The second kappa shape index (κ2) is 5.68. The van der Waals surface area contributed by atoms with Crippen molar-refractivity contribution in [1.29, 1.82) is 0 Å². The Balaban J connectivity index is 1.87. The van der Waals surface area contributed by atoms with Crippen LogP contribution in [0.5, 0.6) is 5.75 Å². The normalized spacial score (nSPS) is 11.8. The van der Waals surface area contributed by atoms with Crippen molar-refractivity contribution in [3.05, 3.63) is 89.7 Å². The first kappa shape index (κ1) is 14.8. The molecule has 3 aromatic carbocycles. The van der Waals surface area contributed by atoms with E-state index in [4.69, 9.17) is 4.74 Å². The van der Waals surface area contributed by atoms with Crippen LogP contribution in [0.1, 0.15) is 22.3 Å². The van der Waals surface area contributed by atoms with Crippen LogP contribution in [0.15, 0.2) is 67.4 Å². The van der Waals surface area contributed by atoms with Crippen LogP contribution in [0.4, 0.5) is 0 Å². The zero-order valence-electron chi connectivity index (χ0n) is 14.1. The van der Waals surface area contributed by atoms with E-state index < -0.39 is 0 Å². The fraction of sp³-hybridized carbons (Fsp3) is 0.130. The molecule has 4 rings (SSSR count).